The van der Waals surface area contributed by atoms with Crippen molar-refractivity contribution in [2.24, 2.45) is 23.3 Å². The number of aryl methyl sites for hydroxylation is 1. The van der Waals surface area contributed by atoms with Gasteiger partial charge >= 0.3 is 0 Å². The second kappa shape index (κ2) is 30.1. The summed E-state index contributed by atoms with van der Waals surface area (Å²) in [5.74, 6) is -1.64. The van der Waals surface area contributed by atoms with Crippen molar-refractivity contribution < 1.29 is 38.7 Å². The molecule has 17 nitrogen and oxygen atoms in total. The minimum absolute atomic E-state index is 0.0836. The molecule has 3 fully saturated rings. The zero-order valence-electron chi connectivity index (χ0n) is 42.2. The molecule has 0 bridgehead atoms. The number of hydrogen-bond acceptors (Lipinski definition) is 10. The molecule has 0 spiro atoms. The second-order valence-corrected chi connectivity index (χ2v) is 20.1. The van der Waals surface area contributed by atoms with Gasteiger partial charge in [-0.1, -0.05) is 84.8 Å². The average molecular weight is 966 g/mol. The number of unbranched alkanes of at least 4 members (excludes halogenated alkanes) is 5. The van der Waals surface area contributed by atoms with Crippen molar-refractivity contribution in [1.82, 2.24) is 36.4 Å². The highest BCUT2D eigenvalue weighted by molar-refractivity contribution is 5.97. The van der Waals surface area contributed by atoms with Crippen LogP contribution in [0, 0.1) is 11.8 Å². The van der Waals surface area contributed by atoms with Gasteiger partial charge in [0.05, 0.1) is 0 Å². The van der Waals surface area contributed by atoms with E-state index in [2.05, 4.69) is 47.4 Å². The molecular formula is C52H87N9O8. The predicted octanol–water partition coefficient (Wildman–Crippen LogP) is 4.22. The van der Waals surface area contributed by atoms with Gasteiger partial charge < -0.3 is 53.0 Å². The summed E-state index contributed by atoms with van der Waals surface area (Å²) in [5.41, 5.74) is 12.7. The molecule has 17 heteroatoms. The number of hydrogen-bond donors (Lipinski definition) is 8. The number of nitrogens with zero attached hydrogens (tertiary/aromatic N) is 2. The van der Waals surface area contributed by atoms with Gasteiger partial charge in [0.1, 0.15) is 42.0 Å². The van der Waals surface area contributed by atoms with Crippen LogP contribution in [0.3, 0.4) is 0 Å². The Kier molecular flexibility index (Phi) is 24.8. The zero-order valence-corrected chi connectivity index (χ0v) is 42.2. The van der Waals surface area contributed by atoms with E-state index in [9.17, 15) is 38.7 Å². The third kappa shape index (κ3) is 18.5. The van der Waals surface area contributed by atoms with Crippen LogP contribution < -0.4 is 38.1 Å². The van der Waals surface area contributed by atoms with Crippen LogP contribution in [0.1, 0.15) is 168 Å². The van der Waals surface area contributed by atoms with Crippen LogP contribution in [-0.4, -0.2) is 125 Å². The lowest BCUT2D eigenvalue weighted by Gasteiger charge is -2.31. The number of nitrogens with one attached hydrogen (secondary N) is 5. The van der Waals surface area contributed by atoms with Crippen molar-refractivity contribution >= 4 is 41.4 Å². The summed E-state index contributed by atoms with van der Waals surface area (Å²) >= 11 is 0. The average Bonchev–Trinajstić information content (AvgIpc) is 4.04. The first kappa shape index (κ1) is 56.8. The number of fused-ring (bicyclic) bond motifs is 2. The molecule has 0 aromatic heterocycles. The van der Waals surface area contributed by atoms with E-state index in [1.165, 1.54) is 54.0 Å². The van der Waals surface area contributed by atoms with Crippen molar-refractivity contribution in [1.29, 1.82) is 0 Å². The molecule has 7 amide bonds. The van der Waals surface area contributed by atoms with Crippen LogP contribution in [0.2, 0.25) is 0 Å². The summed E-state index contributed by atoms with van der Waals surface area (Å²) in [4.78, 5) is 102. The maximum Gasteiger partial charge on any atom is 0.245 e. The van der Waals surface area contributed by atoms with Gasteiger partial charge in [0, 0.05) is 25.6 Å². The standard InChI is InChI=1S/C52H87N9O8/c1-5-35(3)34-36(4)16-11-9-7-8-10-12-20-46(63)56-41-28-24-38(29-31-54)55-49(66)44-18-14-33-61(44)52(69)43(17-13-30-53)59-48(65)42(27-23-37-21-25-39(62)26-22-37)58-50(67)45-19-15-32-60(45)51(68)40(6-2)57-47(41)64/h21-22,25-26,35-36,38,40-45,62H,5-20,23-24,27-34,53-54H2,1-4H3,(H,55,66)(H,56,63)(H,57,64)(H,58,67)(H,59,65). The fourth-order valence-corrected chi connectivity index (χ4v) is 10.1. The minimum atomic E-state index is -1.12. The number of nitrogens with two attached hydrogens (primary N) is 2. The first-order chi connectivity index (χ1) is 33.2. The van der Waals surface area contributed by atoms with Crippen molar-refractivity contribution in [3.63, 3.8) is 0 Å². The Labute approximate surface area is 411 Å². The van der Waals surface area contributed by atoms with Gasteiger partial charge in [-0.15, -0.1) is 0 Å². The number of phenolic OH excluding ortho intramolecular Hbond substituents is 1. The summed E-state index contributed by atoms with van der Waals surface area (Å²) < 4.78 is 0. The van der Waals surface area contributed by atoms with E-state index < -0.39 is 71.8 Å². The second-order valence-electron chi connectivity index (χ2n) is 20.1. The lowest BCUT2D eigenvalue weighted by molar-refractivity contribution is -0.143. The van der Waals surface area contributed by atoms with E-state index in [1.807, 2.05) is 0 Å². The summed E-state index contributed by atoms with van der Waals surface area (Å²) in [6.07, 6.45) is 14.0. The van der Waals surface area contributed by atoms with Gasteiger partial charge in [-0.2, -0.15) is 0 Å². The van der Waals surface area contributed by atoms with Crippen LogP contribution in [0.25, 0.3) is 0 Å². The first-order valence-electron chi connectivity index (χ1n) is 26.5. The van der Waals surface area contributed by atoms with Crippen molar-refractivity contribution in [3.05, 3.63) is 29.8 Å². The molecule has 9 atom stereocenters. The number of aromatic hydroxyl groups is 1. The van der Waals surface area contributed by atoms with E-state index in [0.29, 0.717) is 57.9 Å². The number of benzene rings is 1. The molecule has 1 aromatic carbocycles. The van der Waals surface area contributed by atoms with Crippen LogP contribution in [-0.2, 0) is 40.0 Å². The first-order valence-corrected chi connectivity index (χ1v) is 26.5. The lowest BCUT2D eigenvalue weighted by Crippen LogP contribution is -2.59. The third-order valence-electron chi connectivity index (χ3n) is 14.5. The molecule has 9 unspecified atom stereocenters. The quantitative estimate of drug-likeness (QED) is 0.0768. The van der Waals surface area contributed by atoms with E-state index in [0.717, 1.165) is 36.7 Å². The molecule has 3 aliphatic heterocycles. The van der Waals surface area contributed by atoms with Gasteiger partial charge in [0.25, 0.3) is 0 Å². The Morgan fingerprint density at radius 1 is 0.667 bits per heavy atom. The maximum atomic E-state index is 14.4. The molecule has 388 valence electrons. The van der Waals surface area contributed by atoms with Crippen LogP contribution >= 0.6 is 0 Å². The number of carbonyl (C=O) groups excluding carboxylic acids is 7. The van der Waals surface area contributed by atoms with Gasteiger partial charge in [0.2, 0.25) is 41.4 Å². The summed E-state index contributed by atoms with van der Waals surface area (Å²) in [7, 11) is 0. The SMILES string of the molecule is CCC(C)CC(C)CCCCCCCCC(=O)NC1CCC(CCN)NC(=O)C2CCCN2C(=O)C(CCCN)NC(=O)C(CCc2ccc(O)cc2)NC(=O)C2CCCN2C(=O)C(CC)NC1=O. The minimum Gasteiger partial charge on any atom is -0.508 e. The largest absolute Gasteiger partial charge is 0.508 e. The summed E-state index contributed by atoms with van der Waals surface area (Å²) in [5, 5.41) is 24.6. The monoisotopic (exact) mass is 966 g/mol. The number of amides is 7. The Morgan fingerprint density at radius 3 is 1.88 bits per heavy atom. The molecule has 0 radical (unpaired) electrons. The molecule has 10 N–H and O–H groups in total. The third-order valence-corrected chi connectivity index (χ3v) is 14.5. The number of rotatable bonds is 22. The van der Waals surface area contributed by atoms with Crippen molar-refractivity contribution in [2.45, 2.75) is 211 Å². The van der Waals surface area contributed by atoms with E-state index in [-0.39, 0.29) is 75.7 Å². The highest BCUT2D eigenvalue weighted by Crippen LogP contribution is 2.24. The van der Waals surface area contributed by atoms with E-state index >= 15 is 0 Å². The van der Waals surface area contributed by atoms with Gasteiger partial charge in [-0.25, -0.2) is 0 Å². The smallest absolute Gasteiger partial charge is 0.245 e. The van der Waals surface area contributed by atoms with Gasteiger partial charge in [-0.3, -0.25) is 33.6 Å². The van der Waals surface area contributed by atoms with Crippen molar-refractivity contribution in [3.8, 4) is 5.75 Å². The highest BCUT2D eigenvalue weighted by atomic mass is 16.3. The van der Waals surface area contributed by atoms with Crippen molar-refractivity contribution in [2.75, 3.05) is 26.2 Å². The molecule has 4 rings (SSSR count). The van der Waals surface area contributed by atoms with Crippen LogP contribution in [0.4, 0.5) is 0 Å². The van der Waals surface area contributed by atoms with Crippen LogP contribution in [0.5, 0.6) is 5.75 Å². The van der Waals surface area contributed by atoms with Gasteiger partial charge in [-0.05, 0) is 133 Å². The van der Waals surface area contributed by atoms with E-state index in [4.69, 9.17) is 11.5 Å². The predicted molar refractivity (Wildman–Crippen MR) is 267 cm³/mol. The number of phenols is 1. The molecule has 69 heavy (non-hydrogen) atoms. The Bertz CT molecular complexity index is 1800. The Morgan fingerprint density at radius 2 is 1.26 bits per heavy atom. The normalized spacial score (nSPS) is 25.4. The molecular weight excluding hydrogens is 879 g/mol. The molecule has 0 aliphatic carbocycles. The van der Waals surface area contributed by atoms with Gasteiger partial charge in [0.15, 0.2) is 0 Å². The van der Waals surface area contributed by atoms with E-state index in [1.54, 1.807) is 19.1 Å². The summed E-state index contributed by atoms with van der Waals surface area (Å²) in [6.45, 7) is 9.72. The molecule has 1 aromatic rings. The Balaban J connectivity index is 1.56. The lowest BCUT2D eigenvalue weighted by atomic mass is 9.91. The fraction of sp³-hybridized carbons (Fsp3) is 0.750. The maximum absolute atomic E-state index is 14.4. The Hall–Kier alpha value is -4.77. The number of carbonyl (C=O) groups is 7. The molecule has 3 heterocycles. The zero-order chi connectivity index (χ0) is 50.3. The summed E-state index contributed by atoms with van der Waals surface area (Å²) in [6, 6.07) is 0.0818. The molecule has 3 aliphatic rings. The highest BCUT2D eigenvalue weighted by Gasteiger charge is 2.41. The van der Waals surface area contributed by atoms with Crippen LogP contribution in [0.15, 0.2) is 24.3 Å². The topological polar surface area (TPSA) is 258 Å². The fourth-order valence-electron chi connectivity index (χ4n) is 10.1. The molecule has 3 saturated heterocycles. The molecule has 0 saturated carbocycles.